The predicted molar refractivity (Wildman–Crippen MR) is 92.1 cm³/mol. The minimum absolute atomic E-state index is 0.186. The van der Waals surface area contributed by atoms with Gasteiger partial charge in [-0.1, -0.05) is 67.7 Å². The number of benzene rings is 1. The Balaban J connectivity index is 3.09. The van der Waals surface area contributed by atoms with Crippen LogP contribution in [0.2, 0.25) is 18.6 Å². The summed E-state index contributed by atoms with van der Waals surface area (Å²) in [5, 5.41) is 11.9. The summed E-state index contributed by atoms with van der Waals surface area (Å²) in [5.41, 5.74) is 1.39. The van der Waals surface area contributed by atoms with Gasteiger partial charge in [-0.25, -0.2) is 0 Å². The van der Waals surface area contributed by atoms with Crippen LogP contribution in [0.4, 0.5) is 0 Å². The number of rotatable bonds is 6. The topological polar surface area (TPSA) is 20.2 Å². The highest BCUT2D eigenvalue weighted by molar-refractivity contribution is 6.91. The third kappa shape index (κ3) is 3.50. The smallest absolute Gasteiger partial charge is 0.0877 e. The summed E-state index contributed by atoms with van der Waals surface area (Å²) in [5.74, 6) is 0.186. The van der Waals surface area contributed by atoms with E-state index < -0.39 is 14.2 Å². The lowest BCUT2D eigenvalue weighted by molar-refractivity contribution is 0.151. The Morgan fingerprint density at radius 2 is 1.80 bits per heavy atom. The Morgan fingerprint density at radius 3 is 2.25 bits per heavy atom. The van der Waals surface area contributed by atoms with Crippen molar-refractivity contribution < 1.29 is 5.11 Å². The van der Waals surface area contributed by atoms with Crippen LogP contribution < -0.4 is 5.19 Å². The van der Waals surface area contributed by atoms with Gasteiger partial charge in [-0.15, -0.1) is 6.58 Å². The van der Waals surface area contributed by atoms with Crippen molar-refractivity contribution in [2.24, 2.45) is 5.92 Å². The van der Waals surface area contributed by atoms with E-state index in [0.29, 0.717) is 5.54 Å². The van der Waals surface area contributed by atoms with Crippen molar-refractivity contribution in [1.82, 2.24) is 0 Å². The van der Waals surface area contributed by atoms with Crippen LogP contribution in [-0.2, 0) is 0 Å². The number of allylic oxidation sites excluding steroid dienone is 2. The van der Waals surface area contributed by atoms with E-state index >= 15 is 0 Å². The fraction of sp³-hybridized carbons (Fsp3) is 0.444. The average molecular weight is 289 g/mol. The first-order valence-corrected chi connectivity index (χ1v) is 10.4. The fourth-order valence-corrected chi connectivity index (χ4v) is 6.53. The van der Waals surface area contributed by atoms with Gasteiger partial charge in [0.1, 0.15) is 0 Å². The van der Waals surface area contributed by atoms with Crippen molar-refractivity contribution in [2.45, 2.75) is 45.5 Å². The zero-order chi connectivity index (χ0) is 15.3. The van der Waals surface area contributed by atoms with Crippen LogP contribution in [0.5, 0.6) is 0 Å². The molecule has 0 aliphatic rings. The molecule has 3 unspecified atom stereocenters. The van der Waals surface area contributed by atoms with Crippen LogP contribution in [0.25, 0.3) is 0 Å². The molecule has 1 nitrogen and oxygen atoms in total. The summed E-state index contributed by atoms with van der Waals surface area (Å²) < 4.78 is 0. The van der Waals surface area contributed by atoms with Crippen LogP contribution >= 0.6 is 0 Å². The lowest BCUT2D eigenvalue weighted by Gasteiger charge is -2.37. The van der Waals surface area contributed by atoms with Gasteiger partial charge in [0.2, 0.25) is 0 Å². The molecular weight excluding hydrogens is 260 g/mol. The molecule has 0 aromatic heterocycles. The molecule has 0 heterocycles. The number of aliphatic hydroxyl groups is 1. The summed E-state index contributed by atoms with van der Waals surface area (Å²) in [7, 11) is -1.70. The molecular formula is C18H28OSi. The highest BCUT2D eigenvalue weighted by Gasteiger charge is 2.37. The van der Waals surface area contributed by atoms with Crippen molar-refractivity contribution >= 4 is 13.3 Å². The number of aliphatic hydroxyl groups excluding tert-OH is 1. The normalized spacial score (nSPS) is 17.4. The van der Waals surface area contributed by atoms with E-state index in [1.807, 2.05) is 19.9 Å². The van der Waals surface area contributed by atoms with Gasteiger partial charge in [-0.3, -0.25) is 0 Å². The molecule has 0 radical (unpaired) electrons. The van der Waals surface area contributed by atoms with Crippen molar-refractivity contribution in [2.75, 3.05) is 0 Å². The standard InChI is InChI=1S/C18H28OSi/c1-7-14(3)18(19)15(4)17(8-2)20(5,6)16-12-10-9-11-13-16/h7-13,15,17-19H,2H2,1,3-6H3/b14-7+. The Kier molecular flexibility index (Phi) is 5.97. The van der Waals surface area contributed by atoms with Gasteiger partial charge < -0.3 is 5.11 Å². The van der Waals surface area contributed by atoms with Gasteiger partial charge in [0.25, 0.3) is 0 Å². The predicted octanol–water partition coefficient (Wildman–Crippen LogP) is 4.12. The third-order valence-electron chi connectivity index (χ3n) is 4.59. The van der Waals surface area contributed by atoms with Gasteiger partial charge in [0, 0.05) is 0 Å². The maximum Gasteiger partial charge on any atom is 0.0877 e. The molecule has 0 aliphatic heterocycles. The monoisotopic (exact) mass is 288 g/mol. The van der Waals surface area contributed by atoms with Crippen LogP contribution in [0.1, 0.15) is 20.8 Å². The van der Waals surface area contributed by atoms with Gasteiger partial charge >= 0.3 is 0 Å². The summed E-state index contributed by atoms with van der Waals surface area (Å²) in [4.78, 5) is 0. The van der Waals surface area contributed by atoms with Gasteiger partial charge in [-0.05, 0) is 30.9 Å². The van der Waals surface area contributed by atoms with E-state index in [1.165, 1.54) is 5.19 Å². The molecule has 0 saturated carbocycles. The van der Waals surface area contributed by atoms with Crippen LogP contribution in [0.3, 0.4) is 0 Å². The van der Waals surface area contributed by atoms with Crippen molar-refractivity contribution in [3.63, 3.8) is 0 Å². The number of hydrogen-bond donors (Lipinski definition) is 1. The summed E-state index contributed by atoms with van der Waals surface area (Å²) in [6.07, 6.45) is 3.66. The molecule has 3 atom stereocenters. The van der Waals surface area contributed by atoms with Crippen LogP contribution in [0.15, 0.2) is 54.6 Å². The highest BCUT2D eigenvalue weighted by Crippen LogP contribution is 2.34. The molecule has 1 rings (SSSR count). The molecule has 1 aromatic carbocycles. The lowest BCUT2D eigenvalue weighted by Crippen LogP contribution is -2.49. The van der Waals surface area contributed by atoms with Gasteiger partial charge in [0.05, 0.1) is 14.2 Å². The Morgan fingerprint density at radius 1 is 1.25 bits per heavy atom. The zero-order valence-corrected chi connectivity index (χ0v) is 14.4. The minimum atomic E-state index is -1.70. The zero-order valence-electron chi connectivity index (χ0n) is 13.4. The highest BCUT2D eigenvalue weighted by atomic mass is 28.3. The molecule has 2 heteroatoms. The summed E-state index contributed by atoms with van der Waals surface area (Å²) in [6.45, 7) is 14.9. The van der Waals surface area contributed by atoms with Crippen molar-refractivity contribution in [1.29, 1.82) is 0 Å². The quantitative estimate of drug-likeness (QED) is 0.616. The second-order valence-corrected chi connectivity index (χ2v) is 10.9. The average Bonchev–Trinajstić information content (AvgIpc) is 2.46. The van der Waals surface area contributed by atoms with E-state index in [0.717, 1.165) is 5.57 Å². The second kappa shape index (κ2) is 7.05. The second-order valence-electron chi connectivity index (χ2n) is 6.19. The molecule has 0 spiro atoms. The molecule has 0 amide bonds. The van der Waals surface area contributed by atoms with E-state index in [-0.39, 0.29) is 5.92 Å². The fourth-order valence-electron chi connectivity index (χ4n) is 3.01. The van der Waals surface area contributed by atoms with E-state index in [9.17, 15) is 5.11 Å². The van der Waals surface area contributed by atoms with Crippen LogP contribution in [-0.4, -0.2) is 19.3 Å². The lowest BCUT2D eigenvalue weighted by atomic mass is 9.94. The first-order valence-electron chi connectivity index (χ1n) is 7.35. The Hall–Kier alpha value is -1.12. The maximum atomic E-state index is 10.5. The Labute approximate surface area is 125 Å². The summed E-state index contributed by atoms with van der Waals surface area (Å²) in [6, 6.07) is 10.7. The summed E-state index contributed by atoms with van der Waals surface area (Å²) >= 11 is 0. The van der Waals surface area contributed by atoms with Crippen molar-refractivity contribution in [3.8, 4) is 0 Å². The molecule has 0 saturated heterocycles. The molecule has 1 N–H and O–H groups in total. The Bertz CT molecular complexity index is 462. The van der Waals surface area contributed by atoms with E-state index in [1.54, 1.807) is 0 Å². The SMILES string of the molecule is C=CC(C(C)C(O)/C(C)=C/C)[Si](C)(C)c1ccccc1. The molecule has 110 valence electrons. The van der Waals surface area contributed by atoms with Crippen LogP contribution in [0, 0.1) is 5.92 Å². The van der Waals surface area contributed by atoms with Crippen molar-refractivity contribution in [3.05, 3.63) is 54.6 Å². The molecule has 1 aromatic rings. The third-order valence-corrected chi connectivity index (χ3v) is 8.84. The maximum absolute atomic E-state index is 10.5. The van der Waals surface area contributed by atoms with E-state index in [4.69, 9.17) is 0 Å². The number of hydrogen-bond acceptors (Lipinski definition) is 1. The van der Waals surface area contributed by atoms with Gasteiger partial charge in [0.15, 0.2) is 0 Å². The minimum Gasteiger partial charge on any atom is -0.388 e. The van der Waals surface area contributed by atoms with E-state index in [2.05, 4.69) is 63.0 Å². The molecule has 0 bridgehead atoms. The first-order chi connectivity index (χ1) is 9.36. The largest absolute Gasteiger partial charge is 0.388 e. The molecule has 0 aliphatic carbocycles. The van der Waals surface area contributed by atoms with Gasteiger partial charge in [-0.2, -0.15) is 0 Å². The molecule has 20 heavy (non-hydrogen) atoms. The first kappa shape index (κ1) is 16.9. The molecule has 0 fully saturated rings.